The molecule has 2 unspecified atom stereocenters. The molecule has 0 rings (SSSR count). The van der Waals surface area contributed by atoms with Gasteiger partial charge >= 0.3 is 11.9 Å². The minimum Gasteiger partial charge on any atom is -0.544 e. The number of carboxylic acid groups (broad SMARTS) is 1. The number of hydrogen-bond acceptors (Lipinski definition) is 7. The van der Waals surface area contributed by atoms with Gasteiger partial charge < -0.3 is 28.6 Å². The van der Waals surface area contributed by atoms with Crippen LogP contribution in [0.1, 0.15) is 155 Å². The molecular formula is C41H73NO7. The summed E-state index contributed by atoms with van der Waals surface area (Å²) in [5, 5.41) is 11.6. The van der Waals surface area contributed by atoms with Gasteiger partial charge in [-0.2, -0.15) is 0 Å². The van der Waals surface area contributed by atoms with Crippen LogP contribution in [0.5, 0.6) is 0 Å². The number of hydrogen-bond donors (Lipinski definition) is 0. The van der Waals surface area contributed by atoms with E-state index in [1.54, 1.807) is 21.1 Å². The first-order valence-electron chi connectivity index (χ1n) is 19.5. The fourth-order valence-electron chi connectivity index (χ4n) is 5.43. The van der Waals surface area contributed by atoms with Crippen molar-refractivity contribution in [3.05, 3.63) is 36.5 Å². The molecule has 0 radical (unpaired) electrons. The molecule has 8 nitrogen and oxygen atoms in total. The van der Waals surface area contributed by atoms with Crippen molar-refractivity contribution in [2.75, 3.05) is 41.0 Å². The van der Waals surface area contributed by atoms with E-state index in [0.29, 0.717) is 12.8 Å². The molecule has 0 aromatic carbocycles. The molecule has 284 valence electrons. The van der Waals surface area contributed by atoms with Gasteiger partial charge in [0.15, 0.2) is 6.10 Å². The first-order chi connectivity index (χ1) is 23.6. The lowest BCUT2D eigenvalue weighted by molar-refractivity contribution is -0.889. The third-order valence-electron chi connectivity index (χ3n) is 8.54. The van der Waals surface area contributed by atoms with Gasteiger partial charge in [-0.15, -0.1) is 0 Å². The van der Waals surface area contributed by atoms with E-state index in [4.69, 9.17) is 14.2 Å². The Morgan fingerprint density at radius 2 is 1.12 bits per heavy atom. The van der Waals surface area contributed by atoms with Crippen molar-refractivity contribution >= 4 is 17.9 Å². The van der Waals surface area contributed by atoms with Crippen molar-refractivity contribution in [3.8, 4) is 0 Å². The molecule has 0 aliphatic heterocycles. The maximum Gasteiger partial charge on any atom is 0.306 e. The monoisotopic (exact) mass is 692 g/mol. The van der Waals surface area contributed by atoms with Crippen LogP contribution in [0.3, 0.4) is 0 Å². The summed E-state index contributed by atoms with van der Waals surface area (Å²) in [7, 11) is 5.37. The van der Waals surface area contributed by atoms with Crippen LogP contribution in [0.2, 0.25) is 0 Å². The fraction of sp³-hybridized carbons (Fsp3) is 0.780. The zero-order chi connectivity index (χ0) is 36.4. The third kappa shape index (κ3) is 31.3. The second kappa shape index (κ2) is 32.7. The van der Waals surface area contributed by atoms with Gasteiger partial charge in [-0.3, -0.25) is 9.59 Å². The first-order valence-corrected chi connectivity index (χ1v) is 19.5. The average Bonchev–Trinajstić information content (AvgIpc) is 3.05. The average molecular weight is 692 g/mol. The lowest BCUT2D eigenvalue weighted by Crippen LogP contribution is -2.55. The fourth-order valence-corrected chi connectivity index (χ4v) is 5.43. The normalized spacial score (nSPS) is 13.4. The number of aliphatic carboxylic acids is 1. The SMILES string of the molecule is CCCCC/C=C/CCC(=O)OCC(COCCC(C(=O)[O-])[N+](C)(C)C)OC(=O)CCCCCCC/C=C/C=C/CCCCCCCCC. The molecule has 0 spiro atoms. The molecule has 0 bridgehead atoms. The molecule has 0 N–H and O–H groups in total. The zero-order valence-corrected chi connectivity index (χ0v) is 32.1. The molecule has 49 heavy (non-hydrogen) atoms. The lowest BCUT2D eigenvalue weighted by atomic mass is 10.1. The van der Waals surface area contributed by atoms with E-state index in [9.17, 15) is 19.5 Å². The molecule has 0 aromatic heterocycles. The van der Waals surface area contributed by atoms with E-state index in [2.05, 4.69) is 44.2 Å². The molecule has 0 aromatic rings. The minimum atomic E-state index is -1.13. The van der Waals surface area contributed by atoms with Crippen molar-refractivity contribution in [2.24, 2.45) is 0 Å². The number of quaternary nitrogens is 1. The standard InChI is InChI=1S/C41H73NO7/c1-6-8-10-12-14-15-16-17-18-19-20-21-22-23-24-26-28-30-32-40(44)49-37(35-47-34-33-38(41(45)46)42(3,4)5)36-48-39(43)31-29-27-25-13-11-9-7-2/h18-21,25,27,37-38H,6-17,22-24,26,28-36H2,1-5H3/b19-18+,21-20+,27-25+. The van der Waals surface area contributed by atoms with E-state index in [1.165, 1.54) is 64.2 Å². The number of rotatable bonds is 34. The van der Waals surface area contributed by atoms with Crippen molar-refractivity contribution < 1.29 is 38.2 Å². The van der Waals surface area contributed by atoms with Crippen molar-refractivity contribution in [2.45, 2.75) is 167 Å². The molecule has 0 amide bonds. The predicted molar refractivity (Wildman–Crippen MR) is 199 cm³/mol. The van der Waals surface area contributed by atoms with Crippen LogP contribution in [0, 0.1) is 0 Å². The Morgan fingerprint density at radius 1 is 0.612 bits per heavy atom. The second-order valence-corrected chi connectivity index (χ2v) is 14.2. The number of esters is 2. The van der Waals surface area contributed by atoms with Crippen LogP contribution in [-0.4, -0.2) is 75.5 Å². The second-order valence-electron chi connectivity index (χ2n) is 14.2. The summed E-state index contributed by atoms with van der Waals surface area (Å²) in [6.45, 7) is 4.52. The molecule has 0 fully saturated rings. The molecule has 0 aliphatic carbocycles. The molecular weight excluding hydrogens is 618 g/mol. The Balaban J connectivity index is 4.38. The Bertz CT molecular complexity index is 906. The number of ether oxygens (including phenoxy) is 3. The summed E-state index contributed by atoms with van der Waals surface area (Å²) < 4.78 is 17.0. The van der Waals surface area contributed by atoms with E-state index in [1.807, 2.05) is 6.08 Å². The van der Waals surface area contributed by atoms with Crippen LogP contribution < -0.4 is 5.11 Å². The van der Waals surface area contributed by atoms with Gasteiger partial charge in [0.05, 0.1) is 40.3 Å². The smallest absolute Gasteiger partial charge is 0.306 e. The van der Waals surface area contributed by atoms with Crippen LogP contribution >= 0.6 is 0 Å². The molecule has 0 aliphatic rings. The maximum atomic E-state index is 12.6. The number of carbonyl (C=O) groups is 3. The van der Waals surface area contributed by atoms with Gasteiger partial charge in [0.2, 0.25) is 0 Å². The summed E-state index contributed by atoms with van der Waals surface area (Å²) in [5.41, 5.74) is 0. The summed E-state index contributed by atoms with van der Waals surface area (Å²) in [6, 6.07) is -0.730. The Labute approximate surface area is 300 Å². The summed E-state index contributed by atoms with van der Waals surface area (Å²) in [5.74, 6) is -1.83. The van der Waals surface area contributed by atoms with E-state index in [0.717, 1.165) is 51.4 Å². The molecule has 0 heterocycles. The number of carbonyl (C=O) groups excluding carboxylic acids is 3. The van der Waals surface area contributed by atoms with Crippen LogP contribution in [0.25, 0.3) is 0 Å². The topological polar surface area (TPSA) is 102 Å². The Morgan fingerprint density at radius 3 is 1.71 bits per heavy atom. The minimum absolute atomic E-state index is 0.0229. The highest BCUT2D eigenvalue weighted by Gasteiger charge is 2.25. The van der Waals surface area contributed by atoms with Gasteiger partial charge in [-0.25, -0.2) is 0 Å². The summed E-state index contributed by atoms with van der Waals surface area (Å²) in [6.07, 6.45) is 34.8. The summed E-state index contributed by atoms with van der Waals surface area (Å²) in [4.78, 5) is 36.5. The van der Waals surface area contributed by atoms with Crippen molar-refractivity contribution in [3.63, 3.8) is 0 Å². The van der Waals surface area contributed by atoms with Gasteiger partial charge in [-0.05, 0) is 51.4 Å². The quantitative estimate of drug-likeness (QED) is 0.0219. The van der Waals surface area contributed by atoms with Gasteiger partial charge in [0, 0.05) is 19.3 Å². The van der Waals surface area contributed by atoms with Crippen LogP contribution in [0.4, 0.5) is 0 Å². The number of nitrogens with zero attached hydrogens (tertiary/aromatic N) is 1. The number of unbranched alkanes of at least 4 members (excludes halogenated alkanes) is 15. The Hall–Kier alpha value is -2.45. The van der Waals surface area contributed by atoms with Crippen molar-refractivity contribution in [1.82, 2.24) is 0 Å². The van der Waals surface area contributed by atoms with E-state index >= 15 is 0 Å². The number of likely N-dealkylation sites (N-methyl/N-ethyl adjacent to an activating group) is 1. The largest absolute Gasteiger partial charge is 0.544 e. The van der Waals surface area contributed by atoms with Gasteiger partial charge in [0.1, 0.15) is 12.6 Å². The van der Waals surface area contributed by atoms with Crippen LogP contribution in [0.15, 0.2) is 36.5 Å². The van der Waals surface area contributed by atoms with Crippen molar-refractivity contribution in [1.29, 1.82) is 0 Å². The number of carboxylic acids is 1. The highest BCUT2D eigenvalue weighted by Crippen LogP contribution is 2.12. The third-order valence-corrected chi connectivity index (χ3v) is 8.54. The first kappa shape index (κ1) is 46.5. The number of allylic oxidation sites excluding steroid dienone is 6. The van der Waals surface area contributed by atoms with E-state index in [-0.39, 0.29) is 49.1 Å². The molecule has 8 heteroatoms. The van der Waals surface area contributed by atoms with Gasteiger partial charge in [0.25, 0.3) is 0 Å². The molecule has 2 atom stereocenters. The zero-order valence-electron chi connectivity index (χ0n) is 32.1. The van der Waals surface area contributed by atoms with Crippen LogP contribution in [-0.2, 0) is 28.6 Å². The summed E-state index contributed by atoms with van der Waals surface area (Å²) >= 11 is 0. The highest BCUT2D eigenvalue weighted by molar-refractivity contribution is 5.70. The molecule has 0 saturated carbocycles. The van der Waals surface area contributed by atoms with E-state index < -0.39 is 18.1 Å². The maximum absolute atomic E-state index is 12.6. The molecule has 0 saturated heterocycles. The lowest BCUT2D eigenvalue weighted by Gasteiger charge is -2.34. The van der Waals surface area contributed by atoms with Gasteiger partial charge in [-0.1, -0.05) is 121 Å². The highest BCUT2D eigenvalue weighted by atomic mass is 16.6. The predicted octanol–water partition coefficient (Wildman–Crippen LogP) is 8.57. The Kier molecular flexibility index (Phi) is 31.1.